The lowest BCUT2D eigenvalue weighted by Crippen LogP contribution is -2.00. The van der Waals surface area contributed by atoms with Crippen LogP contribution in [0, 0.1) is 22.7 Å². The Bertz CT molecular complexity index is 3030. The number of nitriles is 2. The van der Waals surface area contributed by atoms with E-state index in [-0.39, 0.29) is 0 Å². The van der Waals surface area contributed by atoms with Gasteiger partial charge in [0.25, 0.3) is 0 Å². The Morgan fingerprint density at radius 1 is 0.333 bits per heavy atom. The molecule has 1 aliphatic rings. The lowest BCUT2D eigenvalue weighted by atomic mass is 9.77. The Balaban J connectivity index is 1.40. The fourth-order valence-corrected chi connectivity index (χ4v) is 9.02. The van der Waals surface area contributed by atoms with Crippen LogP contribution < -0.4 is 0 Å². The minimum atomic E-state index is 0.355. The molecule has 0 bridgehead atoms. The molecule has 4 heteroatoms. The number of aromatic nitrogens is 2. The second-order valence-corrected chi connectivity index (χ2v) is 13.9. The predicted octanol–water partition coefficient (Wildman–Crippen LogP) is 12.6. The van der Waals surface area contributed by atoms with Crippen molar-refractivity contribution in [2.24, 2.45) is 0 Å². The Morgan fingerprint density at radius 3 is 1.20 bits per heavy atom. The quantitative estimate of drug-likeness (QED) is 0.137. The van der Waals surface area contributed by atoms with Crippen LogP contribution >= 0.6 is 0 Å². The van der Waals surface area contributed by atoms with Crippen LogP contribution in [-0.4, -0.2) is 9.97 Å². The largest absolute Gasteiger partial charge is 0.245 e. The standard InChI is InChI=1S/C50H26N4/c51-25-34-19-17-32(27-53-34)45-43(30-9-3-1-4-10-30)49-40-23-21-38-36-15-7-13-29-14-8-16-37(42(29)36)39-22-24-41(48(40)47(38)39)50(49)44(31-11-5-2-6-12-31)46(45)33-18-20-35(26-52)54-28-33/h1-24,27-28H. The van der Waals surface area contributed by atoms with E-state index in [0.29, 0.717) is 11.4 Å². The molecular weight excluding hydrogens is 657 g/mol. The highest BCUT2D eigenvalue weighted by Gasteiger charge is 2.35. The van der Waals surface area contributed by atoms with Crippen molar-refractivity contribution >= 4 is 43.1 Å². The van der Waals surface area contributed by atoms with Gasteiger partial charge in [0.05, 0.1) is 0 Å². The first kappa shape index (κ1) is 30.0. The molecule has 1 aliphatic carbocycles. The van der Waals surface area contributed by atoms with E-state index in [2.05, 4.69) is 143 Å². The number of benzene rings is 8. The molecule has 4 nitrogen and oxygen atoms in total. The van der Waals surface area contributed by atoms with E-state index in [4.69, 9.17) is 0 Å². The van der Waals surface area contributed by atoms with Crippen LogP contribution in [0.1, 0.15) is 11.4 Å². The van der Waals surface area contributed by atoms with Crippen LogP contribution in [-0.2, 0) is 0 Å². The van der Waals surface area contributed by atoms with Gasteiger partial charge in [-0.3, -0.25) is 0 Å². The Morgan fingerprint density at radius 2 is 0.778 bits per heavy atom. The molecule has 0 saturated carbocycles. The zero-order valence-corrected chi connectivity index (χ0v) is 28.8. The molecule has 0 fully saturated rings. The molecule has 0 unspecified atom stereocenters. The normalized spacial score (nSPS) is 11.7. The summed E-state index contributed by atoms with van der Waals surface area (Å²) >= 11 is 0. The zero-order valence-electron chi connectivity index (χ0n) is 28.8. The molecule has 0 atom stereocenters. The molecule has 0 radical (unpaired) electrons. The van der Waals surface area contributed by atoms with Crippen LogP contribution in [0.3, 0.4) is 0 Å². The van der Waals surface area contributed by atoms with Crippen molar-refractivity contribution in [2.45, 2.75) is 0 Å². The molecule has 10 aromatic rings. The highest BCUT2D eigenvalue weighted by Crippen LogP contribution is 2.62. The summed E-state index contributed by atoms with van der Waals surface area (Å²) in [7, 11) is 0. The second kappa shape index (κ2) is 11.4. The van der Waals surface area contributed by atoms with Gasteiger partial charge in [-0.25, -0.2) is 9.97 Å². The van der Waals surface area contributed by atoms with Gasteiger partial charge >= 0.3 is 0 Å². The molecule has 2 heterocycles. The lowest BCUT2D eigenvalue weighted by molar-refractivity contribution is 1.26. The van der Waals surface area contributed by atoms with E-state index in [1.807, 2.05) is 24.5 Å². The maximum Gasteiger partial charge on any atom is 0.140 e. The summed E-state index contributed by atoms with van der Waals surface area (Å²) in [6.45, 7) is 0. The number of hydrogen-bond donors (Lipinski definition) is 0. The topological polar surface area (TPSA) is 73.4 Å². The van der Waals surface area contributed by atoms with Crippen molar-refractivity contribution < 1.29 is 0 Å². The number of rotatable bonds is 4. The molecular formula is C50H26N4. The van der Waals surface area contributed by atoms with E-state index >= 15 is 0 Å². The molecule has 54 heavy (non-hydrogen) atoms. The average Bonchev–Trinajstić information content (AvgIpc) is 3.58. The SMILES string of the molecule is N#Cc1ccc(-c2c(-c3ccc(C#N)nc3)c(-c3ccccc3)c3c(c2-c2ccccc2)-c2ccc4c5cccc6cccc(c7ccc-3c2c47)c65)cn1. The molecule has 0 N–H and O–H groups in total. The molecule has 0 aliphatic heterocycles. The summed E-state index contributed by atoms with van der Waals surface area (Å²) in [5.41, 5.74) is 13.5. The molecule has 8 aromatic carbocycles. The summed E-state index contributed by atoms with van der Waals surface area (Å²) in [5.74, 6) is 0. The van der Waals surface area contributed by atoms with Gasteiger partial charge in [-0.1, -0.05) is 121 Å². The number of hydrogen-bond acceptors (Lipinski definition) is 4. The van der Waals surface area contributed by atoms with Gasteiger partial charge in [0, 0.05) is 34.6 Å². The molecule has 11 rings (SSSR count). The molecule has 2 aromatic heterocycles. The first-order chi connectivity index (χ1) is 26.7. The van der Waals surface area contributed by atoms with Crippen LogP contribution in [0.4, 0.5) is 0 Å². The van der Waals surface area contributed by atoms with Gasteiger partial charge in [0.2, 0.25) is 0 Å². The van der Waals surface area contributed by atoms with Gasteiger partial charge in [-0.05, 0) is 112 Å². The van der Waals surface area contributed by atoms with Gasteiger partial charge in [0.15, 0.2) is 0 Å². The Hall–Kier alpha value is -7.66. The summed E-state index contributed by atoms with van der Waals surface area (Å²) in [4.78, 5) is 9.21. The minimum Gasteiger partial charge on any atom is -0.245 e. The fourth-order valence-electron chi connectivity index (χ4n) is 9.02. The average molecular weight is 683 g/mol. The van der Waals surface area contributed by atoms with Gasteiger partial charge in [-0.15, -0.1) is 0 Å². The maximum absolute atomic E-state index is 9.75. The van der Waals surface area contributed by atoms with E-state index in [0.717, 1.165) is 44.5 Å². The third-order valence-electron chi connectivity index (χ3n) is 11.1. The first-order valence-electron chi connectivity index (χ1n) is 17.9. The molecule has 246 valence electrons. The maximum atomic E-state index is 9.75. The Labute approximate surface area is 310 Å². The summed E-state index contributed by atoms with van der Waals surface area (Å²) in [5, 5.41) is 29.6. The highest BCUT2D eigenvalue weighted by atomic mass is 14.7. The highest BCUT2D eigenvalue weighted by molar-refractivity contribution is 6.38. The van der Waals surface area contributed by atoms with Gasteiger partial charge in [-0.2, -0.15) is 10.5 Å². The van der Waals surface area contributed by atoms with Crippen molar-refractivity contribution in [2.75, 3.05) is 0 Å². The van der Waals surface area contributed by atoms with E-state index in [1.165, 1.54) is 65.3 Å². The zero-order chi connectivity index (χ0) is 35.9. The van der Waals surface area contributed by atoms with Crippen molar-refractivity contribution in [3.63, 3.8) is 0 Å². The third kappa shape index (κ3) is 4.11. The van der Waals surface area contributed by atoms with Crippen molar-refractivity contribution in [3.8, 4) is 78.9 Å². The van der Waals surface area contributed by atoms with E-state index in [9.17, 15) is 10.5 Å². The van der Waals surface area contributed by atoms with Crippen molar-refractivity contribution in [3.05, 3.63) is 169 Å². The first-order valence-corrected chi connectivity index (χ1v) is 17.9. The molecule has 0 saturated heterocycles. The van der Waals surface area contributed by atoms with Crippen molar-refractivity contribution in [1.82, 2.24) is 9.97 Å². The van der Waals surface area contributed by atoms with Crippen LogP contribution in [0.5, 0.6) is 0 Å². The molecule has 0 spiro atoms. The fraction of sp³-hybridized carbons (Fsp3) is 0. The second-order valence-electron chi connectivity index (χ2n) is 13.9. The van der Waals surface area contributed by atoms with Crippen molar-refractivity contribution in [1.29, 1.82) is 10.5 Å². The van der Waals surface area contributed by atoms with Crippen LogP contribution in [0.15, 0.2) is 158 Å². The van der Waals surface area contributed by atoms with Crippen LogP contribution in [0.2, 0.25) is 0 Å². The molecule has 0 amide bonds. The summed E-state index contributed by atoms with van der Waals surface area (Å²) in [6, 6.07) is 55.7. The van der Waals surface area contributed by atoms with Gasteiger partial charge < -0.3 is 0 Å². The van der Waals surface area contributed by atoms with Crippen LogP contribution in [0.25, 0.3) is 110 Å². The predicted molar refractivity (Wildman–Crippen MR) is 219 cm³/mol. The summed E-state index contributed by atoms with van der Waals surface area (Å²) < 4.78 is 0. The lowest BCUT2D eigenvalue weighted by Gasteiger charge is -2.26. The number of nitrogens with zero attached hydrogens (tertiary/aromatic N) is 4. The summed E-state index contributed by atoms with van der Waals surface area (Å²) in [6.07, 6.45) is 3.63. The Kier molecular flexibility index (Phi) is 6.35. The van der Waals surface area contributed by atoms with E-state index in [1.54, 1.807) is 12.1 Å². The number of fused-ring (bicyclic) bond motifs is 5. The number of pyridine rings is 2. The smallest absolute Gasteiger partial charge is 0.140 e. The monoisotopic (exact) mass is 682 g/mol. The van der Waals surface area contributed by atoms with Gasteiger partial charge in [0.1, 0.15) is 23.5 Å². The van der Waals surface area contributed by atoms with E-state index < -0.39 is 0 Å². The third-order valence-corrected chi connectivity index (χ3v) is 11.1. The minimum absolute atomic E-state index is 0.355.